The molecule has 6 nitrogen and oxygen atoms in total. The van der Waals surface area contributed by atoms with Gasteiger partial charge in [0, 0.05) is 0 Å². The minimum atomic E-state index is -3.84. The van der Waals surface area contributed by atoms with Crippen LogP contribution in [0.2, 0.25) is 0 Å². The molecule has 1 saturated carbocycles. The quantitative estimate of drug-likeness (QED) is 0.860. The zero-order valence-electron chi connectivity index (χ0n) is 11.6. The summed E-state index contributed by atoms with van der Waals surface area (Å²) >= 11 is 0. The number of ether oxygens (including phenoxy) is 1. The van der Waals surface area contributed by atoms with Crippen LogP contribution in [0.1, 0.15) is 24.8 Å². The van der Waals surface area contributed by atoms with Crippen LogP contribution >= 0.6 is 0 Å². The molecule has 1 aromatic carbocycles. The summed E-state index contributed by atoms with van der Waals surface area (Å²) in [6.07, 6.45) is 0.688. The van der Waals surface area contributed by atoms with Gasteiger partial charge >= 0.3 is 6.09 Å². The summed E-state index contributed by atoms with van der Waals surface area (Å²) < 4.78 is 35.1. The Morgan fingerprint density at radius 1 is 1.24 bits per heavy atom. The van der Waals surface area contributed by atoms with Crippen molar-refractivity contribution >= 4 is 16.2 Å². The fourth-order valence-electron chi connectivity index (χ4n) is 2.78. The number of alkyl carbamates (subject to hydrolysis) is 1. The SMILES string of the molecule is Cc1ccc(S(=O)(=O)O[C@@H]2CCC[C@H]3OC(=O)N[C@H]32)cc1. The van der Waals surface area contributed by atoms with Gasteiger partial charge in [-0.25, -0.2) is 4.79 Å². The lowest BCUT2D eigenvalue weighted by Gasteiger charge is -2.30. The monoisotopic (exact) mass is 311 g/mol. The first-order chi connectivity index (χ1) is 9.95. The smallest absolute Gasteiger partial charge is 0.407 e. The van der Waals surface area contributed by atoms with Crippen molar-refractivity contribution in [1.82, 2.24) is 5.32 Å². The molecule has 1 aliphatic heterocycles. The molecule has 0 bridgehead atoms. The number of carbonyl (C=O) groups excluding carboxylic acids is 1. The molecular formula is C14H17NO5S. The first kappa shape index (κ1) is 14.3. The van der Waals surface area contributed by atoms with Crippen LogP contribution in [0.25, 0.3) is 0 Å². The molecule has 21 heavy (non-hydrogen) atoms. The summed E-state index contributed by atoms with van der Waals surface area (Å²) in [4.78, 5) is 11.4. The first-order valence-electron chi connectivity index (χ1n) is 6.93. The molecule has 1 saturated heterocycles. The molecule has 1 aromatic rings. The fraction of sp³-hybridized carbons (Fsp3) is 0.500. The van der Waals surface area contributed by atoms with Gasteiger partial charge in [0.15, 0.2) is 0 Å². The minimum Gasteiger partial charge on any atom is -0.444 e. The van der Waals surface area contributed by atoms with Crippen LogP contribution in [0, 0.1) is 6.92 Å². The van der Waals surface area contributed by atoms with Crippen LogP contribution in [0.4, 0.5) is 4.79 Å². The Morgan fingerprint density at radius 2 is 1.95 bits per heavy atom. The van der Waals surface area contributed by atoms with Crippen molar-refractivity contribution in [3.63, 3.8) is 0 Å². The molecule has 0 unspecified atom stereocenters. The van der Waals surface area contributed by atoms with Crippen molar-refractivity contribution in [1.29, 1.82) is 0 Å². The highest BCUT2D eigenvalue weighted by Gasteiger charge is 2.44. The molecule has 114 valence electrons. The number of aryl methyl sites for hydroxylation is 1. The van der Waals surface area contributed by atoms with Gasteiger partial charge < -0.3 is 10.1 Å². The number of carbonyl (C=O) groups is 1. The summed E-state index contributed by atoms with van der Waals surface area (Å²) in [5, 5.41) is 2.64. The van der Waals surface area contributed by atoms with Gasteiger partial charge in [0.25, 0.3) is 10.1 Å². The van der Waals surface area contributed by atoms with E-state index in [9.17, 15) is 13.2 Å². The van der Waals surface area contributed by atoms with Crippen LogP contribution in [0.15, 0.2) is 29.2 Å². The van der Waals surface area contributed by atoms with Gasteiger partial charge in [0.2, 0.25) is 0 Å². The zero-order chi connectivity index (χ0) is 15.0. The fourth-order valence-corrected chi connectivity index (χ4v) is 3.90. The van der Waals surface area contributed by atoms with E-state index >= 15 is 0 Å². The average molecular weight is 311 g/mol. The predicted molar refractivity (Wildman–Crippen MR) is 74.3 cm³/mol. The molecule has 1 N–H and O–H groups in total. The van der Waals surface area contributed by atoms with Crippen LogP contribution in [0.3, 0.4) is 0 Å². The highest BCUT2D eigenvalue weighted by molar-refractivity contribution is 7.86. The van der Waals surface area contributed by atoms with E-state index in [2.05, 4.69) is 5.32 Å². The molecule has 2 aliphatic rings. The summed E-state index contributed by atoms with van der Waals surface area (Å²) in [6, 6.07) is 6.09. The molecule has 7 heteroatoms. The number of amides is 1. The van der Waals surface area contributed by atoms with E-state index in [0.29, 0.717) is 6.42 Å². The van der Waals surface area contributed by atoms with Crippen molar-refractivity contribution in [3.05, 3.63) is 29.8 Å². The summed E-state index contributed by atoms with van der Waals surface area (Å²) in [5.74, 6) is 0. The number of hydrogen-bond acceptors (Lipinski definition) is 5. The Kier molecular flexibility index (Phi) is 3.62. The first-order valence-corrected chi connectivity index (χ1v) is 8.34. The minimum absolute atomic E-state index is 0.125. The molecule has 1 aliphatic carbocycles. The van der Waals surface area contributed by atoms with Crippen LogP contribution in [-0.2, 0) is 19.0 Å². The lowest BCUT2D eigenvalue weighted by molar-refractivity contribution is 0.0571. The van der Waals surface area contributed by atoms with Gasteiger partial charge in [-0.2, -0.15) is 8.42 Å². The lowest BCUT2D eigenvalue weighted by Crippen LogP contribution is -2.47. The maximum atomic E-state index is 12.3. The highest BCUT2D eigenvalue weighted by Crippen LogP contribution is 2.30. The van der Waals surface area contributed by atoms with Gasteiger partial charge in [-0.05, 0) is 38.3 Å². The standard InChI is InChI=1S/C14H17NO5S/c1-9-5-7-10(8-6-9)21(17,18)20-12-4-2-3-11-13(12)15-14(16)19-11/h5-8,11-13H,2-4H2,1H3,(H,15,16)/t11-,12-,13-/m1/s1. The van der Waals surface area contributed by atoms with Crippen LogP contribution in [-0.4, -0.2) is 32.8 Å². The molecule has 1 heterocycles. The van der Waals surface area contributed by atoms with E-state index in [1.807, 2.05) is 6.92 Å². The third kappa shape index (κ3) is 2.89. The van der Waals surface area contributed by atoms with E-state index in [-0.39, 0.29) is 11.0 Å². The third-order valence-corrected chi connectivity index (χ3v) is 5.23. The largest absolute Gasteiger partial charge is 0.444 e. The van der Waals surface area contributed by atoms with E-state index in [4.69, 9.17) is 8.92 Å². The van der Waals surface area contributed by atoms with Crippen molar-refractivity contribution < 1.29 is 22.1 Å². The molecule has 0 aromatic heterocycles. The summed E-state index contributed by atoms with van der Waals surface area (Å²) in [6.45, 7) is 1.88. The van der Waals surface area contributed by atoms with Crippen molar-refractivity contribution in [2.45, 2.75) is 49.3 Å². The van der Waals surface area contributed by atoms with Gasteiger partial charge in [-0.1, -0.05) is 17.7 Å². The van der Waals surface area contributed by atoms with E-state index < -0.39 is 28.4 Å². The Balaban J connectivity index is 1.78. The molecule has 3 atom stereocenters. The topological polar surface area (TPSA) is 81.7 Å². The van der Waals surface area contributed by atoms with E-state index in [1.54, 1.807) is 12.1 Å². The van der Waals surface area contributed by atoms with Crippen molar-refractivity contribution in [2.75, 3.05) is 0 Å². The number of fused-ring (bicyclic) bond motifs is 1. The second-order valence-electron chi connectivity index (χ2n) is 5.45. The molecule has 3 rings (SSSR count). The van der Waals surface area contributed by atoms with Crippen molar-refractivity contribution in [2.24, 2.45) is 0 Å². The number of benzene rings is 1. The Bertz CT molecular complexity index is 640. The van der Waals surface area contributed by atoms with Crippen LogP contribution < -0.4 is 5.32 Å². The van der Waals surface area contributed by atoms with Gasteiger partial charge in [-0.15, -0.1) is 0 Å². The number of hydrogen-bond donors (Lipinski definition) is 1. The molecule has 1 amide bonds. The average Bonchev–Trinajstić information content (AvgIpc) is 2.80. The Hall–Kier alpha value is -1.60. The molecular weight excluding hydrogens is 294 g/mol. The normalized spacial score (nSPS) is 28.6. The molecule has 0 spiro atoms. The highest BCUT2D eigenvalue weighted by atomic mass is 32.2. The summed E-state index contributed by atoms with van der Waals surface area (Å²) in [5.41, 5.74) is 0.975. The maximum absolute atomic E-state index is 12.3. The zero-order valence-corrected chi connectivity index (χ0v) is 12.4. The second-order valence-corrected chi connectivity index (χ2v) is 7.02. The van der Waals surface area contributed by atoms with E-state index in [1.165, 1.54) is 12.1 Å². The maximum Gasteiger partial charge on any atom is 0.407 e. The molecule has 2 fully saturated rings. The predicted octanol–water partition coefficient (Wildman–Crippen LogP) is 1.73. The number of nitrogens with one attached hydrogen (secondary N) is 1. The Morgan fingerprint density at radius 3 is 2.67 bits per heavy atom. The third-order valence-electron chi connectivity index (χ3n) is 3.88. The second kappa shape index (κ2) is 5.31. The van der Waals surface area contributed by atoms with Crippen LogP contribution in [0.5, 0.6) is 0 Å². The summed E-state index contributed by atoms with van der Waals surface area (Å²) in [7, 11) is -3.84. The van der Waals surface area contributed by atoms with Gasteiger partial charge in [0.05, 0.1) is 10.9 Å². The lowest BCUT2D eigenvalue weighted by atomic mass is 9.91. The van der Waals surface area contributed by atoms with Gasteiger partial charge in [-0.3, -0.25) is 4.18 Å². The van der Waals surface area contributed by atoms with Gasteiger partial charge in [0.1, 0.15) is 12.2 Å². The number of rotatable bonds is 3. The molecule has 0 radical (unpaired) electrons. The van der Waals surface area contributed by atoms with E-state index in [0.717, 1.165) is 18.4 Å². The Labute approximate surface area is 123 Å². The van der Waals surface area contributed by atoms with Crippen molar-refractivity contribution in [3.8, 4) is 0 Å².